The fraction of sp³-hybridized carbons (Fsp3) is 0.364. The summed E-state index contributed by atoms with van der Waals surface area (Å²) in [4.78, 5) is 16.8. The van der Waals surface area contributed by atoms with E-state index < -0.39 is 24.0 Å². The number of nitrogens with zero attached hydrogens (tertiary/aromatic N) is 1. The molecule has 0 bridgehead atoms. The first-order valence-electron chi connectivity index (χ1n) is 9.86. The minimum absolute atomic E-state index is 0.0516. The summed E-state index contributed by atoms with van der Waals surface area (Å²) in [5.74, 6) is -0.748. The van der Waals surface area contributed by atoms with Crippen LogP contribution in [0, 0.1) is 11.7 Å². The van der Waals surface area contributed by atoms with Crippen molar-refractivity contribution in [3.63, 3.8) is 0 Å². The first-order chi connectivity index (χ1) is 15.3. The molecule has 0 radical (unpaired) electrons. The molecule has 11 heteroatoms. The number of hydrogen-bond donors (Lipinski definition) is 1. The summed E-state index contributed by atoms with van der Waals surface area (Å²) in [5.41, 5.74) is -2.93. The van der Waals surface area contributed by atoms with Crippen LogP contribution in [0.15, 0.2) is 35.5 Å². The van der Waals surface area contributed by atoms with Crippen molar-refractivity contribution in [3.8, 4) is 0 Å². The van der Waals surface area contributed by atoms with Crippen molar-refractivity contribution in [2.45, 2.75) is 45.0 Å². The van der Waals surface area contributed by atoms with Crippen LogP contribution in [0.3, 0.4) is 0 Å². The Balaban J connectivity index is 1.89. The predicted octanol–water partition coefficient (Wildman–Crippen LogP) is 7.03. The number of amides is 1. The molecule has 1 atom stereocenters. The van der Waals surface area contributed by atoms with Gasteiger partial charge < -0.3 is 10.2 Å². The summed E-state index contributed by atoms with van der Waals surface area (Å²) < 4.78 is 56.8. The van der Waals surface area contributed by atoms with E-state index in [1.54, 1.807) is 0 Å². The number of nitrogens with one attached hydrogen (secondary N) is 1. The molecule has 0 saturated carbocycles. The molecule has 4 nitrogen and oxygen atoms in total. The highest BCUT2D eigenvalue weighted by atomic mass is 35.5. The molecule has 0 fully saturated rings. The Kier molecular flexibility index (Phi) is 7.51. The lowest BCUT2D eigenvalue weighted by molar-refractivity contribution is -0.275. The van der Waals surface area contributed by atoms with Gasteiger partial charge in [-0.15, -0.1) is 0 Å². The van der Waals surface area contributed by atoms with Gasteiger partial charge in [0, 0.05) is 36.1 Å². The zero-order chi connectivity index (χ0) is 24.6. The van der Waals surface area contributed by atoms with Gasteiger partial charge in [-0.3, -0.25) is 4.79 Å². The molecule has 1 aliphatic rings. The van der Waals surface area contributed by atoms with Crippen LogP contribution in [0.25, 0.3) is 0 Å². The summed E-state index contributed by atoms with van der Waals surface area (Å²) >= 11 is 17.8. The molecule has 178 valence electrons. The Bertz CT molecular complexity index is 1080. The van der Waals surface area contributed by atoms with Crippen LogP contribution in [-0.4, -0.2) is 17.8 Å². The minimum Gasteiger partial charge on any atom is -0.374 e. The van der Waals surface area contributed by atoms with Crippen LogP contribution < -0.4 is 5.32 Å². The standard InChI is InChI=1S/C22H19Cl3F4N2O2/c1-11(2)5-19(32)30-10-13-6-12(3-4-17(13)26)18-9-21(33-31-18,22(27,28)29)14-7-15(23)20(25)16(24)8-14/h3-4,6-8,11H,5,9-10H2,1-2H3,(H,30,32). The molecule has 0 aliphatic carbocycles. The van der Waals surface area contributed by atoms with Crippen LogP contribution >= 0.6 is 34.8 Å². The lowest BCUT2D eigenvalue weighted by Crippen LogP contribution is -2.42. The number of hydrogen-bond acceptors (Lipinski definition) is 3. The highest BCUT2D eigenvalue weighted by molar-refractivity contribution is 6.48. The molecule has 0 aromatic heterocycles. The van der Waals surface area contributed by atoms with E-state index in [0.717, 1.165) is 18.2 Å². The second-order valence-corrected chi connectivity index (χ2v) is 9.26. The SMILES string of the molecule is CC(C)CC(=O)NCc1cc(C2=NOC(c3cc(Cl)c(Cl)c(Cl)c3)(C(F)(F)F)C2)ccc1F. The fourth-order valence-electron chi connectivity index (χ4n) is 3.37. The first kappa shape index (κ1) is 25.6. The maximum atomic E-state index is 14.3. The molecular weight excluding hydrogens is 507 g/mol. The molecular formula is C22H19Cl3F4N2O2. The van der Waals surface area contributed by atoms with Gasteiger partial charge in [0.25, 0.3) is 5.60 Å². The van der Waals surface area contributed by atoms with Crippen LogP contribution in [0.5, 0.6) is 0 Å². The zero-order valence-corrected chi connectivity index (χ0v) is 19.8. The average molecular weight is 526 g/mol. The van der Waals surface area contributed by atoms with Crippen LogP contribution in [0.2, 0.25) is 15.1 Å². The number of halogens is 7. The molecule has 1 amide bonds. The summed E-state index contributed by atoms with van der Waals surface area (Å²) in [5, 5.41) is 5.84. The van der Waals surface area contributed by atoms with Crippen LogP contribution in [-0.2, 0) is 21.8 Å². The van der Waals surface area contributed by atoms with Crippen molar-refractivity contribution in [2.24, 2.45) is 11.1 Å². The molecule has 3 rings (SSSR count). The van der Waals surface area contributed by atoms with Crippen molar-refractivity contribution in [1.29, 1.82) is 0 Å². The Labute approximate surface area is 202 Å². The van der Waals surface area contributed by atoms with Gasteiger partial charge >= 0.3 is 6.18 Å². The average Bonchev–Trinajstić information content (AvgIpc) is 3.17. The Hall–Kier alpha value is -2.03. The molecule has 0 saturated heterocycles. The maximum absolute atomic E-state index is 14.3. The van der Waals surface area contributed by atoms with E-state index in [-0.39, 0.29) is 62.3 Å². The largest absolute Gasteiger partial charge is 0.435 e. The van der Waals surface area contributed by atoms with Crippen LogP contribution in [0.4, 0.5) is 17.6 Å². The van der Waals surface area contributed by atoms with Gasteiger partial charge in [0.1, 0.15) is 5.82 Å². The van der Waals surface area contributed by atoms with Gasteiger partial charge in [0.05, 0.1) is 20.8 Å². The van der Waals surface area contributed by atoms with Crippen molar-refractivity contribution in [3.05, 3.63) is 67.9 Å². The second kappa shape index (κ2) is 9.68. The lowest BCUT2D eigenvalue weighted by atomic mass is 9.86. The lowest BCUT2D eigenvalue weighted by Gasteiger charge is -2.30. The minimum atomic E-state index is -4.88. The Morgan fingerprint density at radius 2 is 1.82 bits per heavy atom. The smallest absolute Gasteiger partial charge is 0.374 e. The monoisotopic (exact) mass is 524 g/mol. The highest BCUT2D eigenvalue weighted by Crippen LogP contribution is 2.50. The fourth-order valence-corrected chi connectivity index (χ4v) is 3.97. The van der Waals surface area contributed by atoms with Crippen molar-refractivity contribution in [2.75, 3.05) is 0 Å². The third-order valence-electron chi connectivity index (χ3n) is 5.08. The van der Waals surface area contributed by atoms with Gasteiger partial charge in [-0.05, 0) is 30.2 Å². The van der Waals surface area contributed by atoms with Gasteiger partial charge in [-0.2, -0.15) is 13.2 Å². The van der Waals surface area contributed by atoms with E-state index in [2.05, 4.69) is 10.5 Å². The van der Waals surface area contributed by atoms with E-state index >= 15 is 0 Å². The van der Waals surface area contributed by atoms with Crippen molar-refractivity contribution in [1.82, 2.24) is 5.32 Å². The number of carbonyl (C=O) groups excluding carboxylic acids is 1. The molecule has 1 N–H and O–H groups in total. The highest BCUT2D eigenvalue weighted by Gasteiger charge is 2.62. The summed E-state index contributed by atoms with van der Waals surface area (Å²) in [7, 11) is 0. The van der Waals surface area contributed by atoms with Crippen LogP contribution in [0.1, 0.15) is 43.4 Å². The van der Waals surface area contributed by atoms with E-state index in [4.69, 9.17) is 39.6 Å². The van der Waals surface area contributed by atoms with Gasteiger partial charge in [0.15, 0.2) is 0 Å². The Morgan fingerprint density at radius 1 is 1.18 bits per heavy atom. The van der Waals surface area contributed by atoms with Gasteiger partial charge in [-0.1, -0.05) is 59.9 Å². The quantitative estimate of drug-likeness (QED) is 0.325. The third kappa shape index (κ3) is 5.39. The summed E-state index contributed by atoms with van der Waals surface area (Å²) in [6.45, 7) is 3.62. The number of alkyl halides is 3. The van der Waals surface area contributed by atoms with Gasteiger partial charge in [0.2, 0.25) is 5.91 Å². The van der Waals surface area contributed by atoms with E-state index in [0.29, 0.717) is 0 Å². The molecule has 1 aliphatic heterocycles. The molecule has 2 aromatic rings. The van der Waals surface area contributed by atoms with Crippen molar-refractivity contribution >= 4 is 46.4 Å². The van der Waals surface area contributed by atoms with Crippen molar-refractivity contribution < 1.29 is 27.2 Å². The first-order valence-corrected chi connectivity index (χ1v) is 11.0. The van der Waals surface area contributed by atoms with E-state index in [1.807, 2.05) is 13.8 Å². The number of benzene rings is 2. The molecule has 0 spiro atoms. The molecule has 1 heterocycles. The topological polar surface area (TPSA) is 50.7 Å². The number of carbonyl (C=O) groups is 1. The summed E-state index contributed by atoms with van der Waals surface area (Å²) in [6.07, 6.45) is -5.32. The molecule has 1 unspecified atom stereocenters. The predicted molar refractivity (Wildman–Crippen MR) is 119 cm³/mol. The second-order valence-electron chi connectivity index (χ2n) is 8.07. The number of rotatable bonds is 6. The third-order valence-corrected chi connectivity index (χ3v) is 6.28. The molecule has 2 aromatic carbocycles. The normalized spacial score (nSPS) is 18.3. The van der Waals surface area contributed by atoms with E-state index in [9.17, 15) is 22.4 Å². The maximum Gasteiger partial charge on any atom is 0.435 e. The Morgan fingerprint density at radius 3 is 2.39 bits per heavy atom. The molecule has 33 heavy (non-hydrogen) atoms. The number of oxime groups is 1. The van der Waals surface area contributed by atoms with E-state index in [1.165, 1.54) is 12.1 Å². The van der Waals surface area contributed by atoms with Gasteiger partial charge in [-0.25, -0.2) is 4.39 Å². The zero-order valence-electron chi connectivity index (χ0n) is 17.5. The summed E-state index contributed by atoms with van der Waals surface area (Å²) in [6, 6.07) is 5.79.